The highest BCUT2D eigenvalue weighted by Gasteiger charge is 2.07. The number of nitrogens with zero attached hydrogens (tertiary/aromatic N) is 1. The van der Waals surface area contributed by atoms with Crippen molar-refractivity contribution in [3.8, 4) is 11.8 Å². The molecule has 1 heterocycles. The van der Waals surface area contributed by atoms with Crippen molar-refractivity contribution in [2.75, 3.05) is 0 Å². The first kappa shape index (κ1) is 15.9. The molecule has 24 heavy (non-hydrogen) atoms. The lowest BCUT2D eigenvalue weighted by Crippen LogP contribution is -2.23. The summed E-state index contributed by atoms with van der Waals surface area (Å²) in [5, 5.41) is 12.3. The Morgan fingerprint density at radius 1 is 1.21 bits per heavy atom. The van der Waals surface area contributed by atoms with Gasteiger partial charge in [-0.2, -0.15) is 5.26 Å². The zero-order valence-corrected chi connectivity index (χ0v) is 13.6. The van der Waals surface area contributed by atoms with Gasteiger partial charge in [0.1, 0.15) is 18.4 Å². The number of nitrogens with one attached hydrogen (secondary N) is 1. The molecular formula is C18H16N4OS. The van der Waals surface area contributed by atoms with Crippen molar-refractivity contribution in [1.82, 2.24) is 5.43 Å². The average Bonchev–Trinajstić information content (AvgIpc) is 3.04. The van der Waals surface area contributed by atoms with Crippen molar-refractivity contribution >= 4 is 27.1 Å². The fourth-order valence-corrected chi connectivity index (χ4v) is 3.32. The maximum atomic E-state index is 9.00. The Morgan fingerprint density at radius 3 is 2.83 bits per heavy atom. The quantitative estimate of drug-likeness (QED) is 0.378. The molecule has 0 aliphatic rings. The monoisotopic (exact) mass is 336 g/mol. The van der Waals surface area contributed by atoms with Gasteiger partial charge in [-0.15, -0.1) is 11.3 Å². The molecule has 2 aromatic carbocycles. The minimum Gasteiger partial charge on any atom is -0.489 e. The zero-order chi connectivity index (χ0) is 16.9. The van der Waals surface area contributed by atoms with E-state index in [2.05, 4.69) is 22.9 Å². The first-order valence-corrected chi connectivity index (χ1v) is 8.15. The van der Waals surface area contributed by atoms with E-state index in [1.165, 1.54) is 10.1 Å². The molecule has 5 N–H and O–H groups in total. The van der Waals surface area contributed by atoms with Gasteiger partial charge in [0.25, 0.3) is 0 Å². The smallest absolute Gasteiger partial charge is 0.151 e. The maximum Gasteiger partial charge on any atom is 0.151 e. The molecule has 0 aliphatic carbocycles. The molecular weight excluding hydrogens is 320 g/mol. The van der Waals surface area contributed by atoms with Gasteiger partial charge in [-0.1, -0.05) is 30.3 Å². The van der Waals surface area contributed by atoms with Crippen LogP contribution in [-0.4, -0.2) is 0 Å². The molecule has 0 fully saturated rings. The van der Waals surface area contributed by atoms with Crippen molar-refractivity contribution in [3.05, 3.63) is 70.7 Å². The van der Waals surface area contributed by atoms with Crippen LogP contribution >= 0.6 is 11.3 Å². The molecule has 0 saturated carbocycles. The third kappa shape index (κ3) is 3.18. The molecule has 0 saturated heterocycles. The second-order valence-electron chi connectivity index (χ2n) is 5.12. The van der Waals surface area contributed by atoms with Crippen LogP contribution in [0.1, 0.15) is 11.1 Å². The van der Waals surface area contributed by atoms with Crippen LogP contribution in [0.2, 0.25) is 0 Å². The number of fused-ring (bicyclic) bond motifs is 1. The minimum atomic E-state index is 0.121. The number of benzene rings is 2. The maximum absolute atomic E-state index is 9.00. The number of thiophene rings is 1. The Bertz CT molecular complexity index is 939. The number of hydrogen-bond donors (Lipinski definition) is 3. The van der Waals surface area contributed by atoms with Gasteiger partial charge in [0.15, 0.2) is 5.70 Å². The molecule has 120 valence electrons. The van der Waals surface area contributed by atoms with Crippen molar-refractivity contribution in [2.45, 2.75) is 6.61 Å². The molecule has 0 radical (unpaired) electrons. The molecule has 1 aromatic heterocycles. The summed E-state index contributed by atoms with van der Waals surface area (Å²) in [5.41, 5.74) is 10.5. The molecule has 6 heteroatoms. The van der Waals surface area contributed by atoms with E-state index < -0.39 is 0 Å². The molecule has 0 aliphatic heterocycles. The Balaban J connectivity index is 1.81. The molecule has 0 amide bonds. The van der Waals surface area contributed by atoms with Gasteiger partial charge in [-0.05, 0) is 29.0 Å². The second kappa shape index (κ2) is 7.04. The SMILES string of the molecule is N#C/C(NN)=C(/N)c1cccc(OCc2csc3ccccc23)c1. The molecule has 0 atom stereocenters. The van der Waals surface area contributed by atoms with E-state index in [1.54, 1.807) is 23.5 Å². The van der Waals surface area contributed by atoms with Crippen LogP contribution in [0.4, 0.5) is 0 Å². The van der Waals surface area contributed by atoms with E-state index in [9.17, 15) is 0 Å². The number of rotatable bonds is 5. The van der Waals surface area contributed by atoms with Crippen LogP contribution in [0, 0.1) is 11.3 Å². The second-order valence-corrected chi connectivity index (χ2v) is 6.03. The Hall–Kier alpha value is -3.01. The standard InChI is InChI=1S/C18H16N4OS/c19-9-16(22-21)18(20)12-4-3-5-14(8-12)23-10-13-11-24-17-7-2-1-6-15(13)17/h1-8,11,22H,10,20-21H2/b18-16-. The largest absolute Gasteiger partial charge is 0.489 e. The average molecular weight is 336 g/mol. The Labute approximate surface area is 143 Å². The van der Waals surface area contributed by atoms with Crippen LogP contribution in [0.25, 0.3) is 15.8 Å². The number of hydrazine groups is 1. The third-order valence-electron chi connectivity index (χ3n) is 3.63. The van der Waals surface area contributed by atoms with E-state index in [4.69, 9.17) is 21.6 Å². The summed E-state index contributed by atoms with van der Waals surface area (Å²) in [5.74, 6) is 5.98. The van der Waals surface area contributed by atoms with Crippen LogP contribution in [0.15, 0.2) is 59.6 Å². The number of allylic oxidation sites excluding steroid dienone is 1. The fraction of sp³-hybridized carbons (Fsp3) is 0.0556. The lowest BCUT2D eigenvalue weighted by atomic mass is 10.1. The summed E-state index contributed by atoms with van der Waals surface area (Å²) < 4.78 is 7.13. The highest BCUT2D eigenvalue weighted by atomic mass is 32.1. The van der Waals surface area contributed by atoms with E-state index in [-0.39, 0.29) is 11.4 Å². The molecule has 0 bridgehead atoms. The van der Waals surface area contributed by atoms with Crippen molar-refractivity contribution in [2.24, 2.45) is 11.6 Å². The normalized spacial score (nSPS) is 11.7. The number of nitrogens with two attached hydrogens (primary N) is 2. The van der Waals surface area contributed by atoms with Crippen molar-refractivity contribution in [3.63, 3.8) is 0 Å². The lowest BCUT2D eigenvalue weighted by Gasteiger charge is -2.09. The van der Waals surface area contributed by atoms with Gasteiger partial charge in [-0.25, -0.2) is 5.84 Å². The van der Waals surface area contributed by atoms with Crippen LogP contribution in [0.5, 0.6) is 5.75 Å². The molecule has 3 aromatic rings. The minimum absolute atomic E-state index is 0.121. The van der Waals surface area contributed by atoms with Crippen LogP contribution in [-0.2, 0) is 6.61 Å². The number of nitriles is 1. The predicted molar refractivity (Wildman–Crippen MR) is 96.6 cm³/mol. The summed E-state index contributed by atoms with van der Waals surface area (Å²) in [6, 6.07) is 17.4. The van der Waals surface area contributed by atoms with Gasteiger partial charge in [-0.3, -0.25) is 0 Å². The Kier molecular flexibility index (Phi) is 4.66. The highest BCUT2D eigenvalue weighted by molar-refractivity contribution is 7.17. The zero-order valence-electron chi connectivity index (χ0n) is 12.8. The van der Waals surface area contributed by atoms with Crippen molar-refractivity contribution < 1.29 is 4.74 Å². The first-order chi connectivity index (χ1) is 11.7. The predicted octanol–water partition coefficient (Wildman–Crippen LogP) is 3.09. The molecule has 5 nitrogen and oxygen atoms in total. The molecule has 3 rings (SSSR count). The van der Waals surface area contributed by atoms with E-state index in [0.717, 1.165) is 5.56 Å². The molecule has 0 spiro atoms. The summed E-state index contributed by atoms with van der Waals surface area (Å²) >= 11 is 1.70. The summed E-state index contributed by atoms with van der Waals surface area (Å²) in [4.78, 5) is 0. The van der Waals surface area contributed by atoms with Gasteiger partial charge in [0.2, 0.25) is 0 Å². The summed E-state index contributed by atoms with van der Waals surface area (Å²) in [7, 11) is 0. The highest BCUT2D eigenvalue weighted by Crippen LogP contribution is 2.27. The van der Waals surface area contributed by atoms with Gasteiger partial charge >= 0.3 is 0 Å². The summed E-state index contributed by atoms with van der Waals surface area (Å²) in [6.45, 7) is 0.470. The van der Waals surface area contributed by atoms with E-state index in [1.807, 2.05) is 30.3 Å². The summed E-state index contributed by atoms with van der Waals surface area (Å²) in [6.07, 6.45) is 0. The fourth-order valence-electron chi connectivity index (χ4n) is 2.37. The van der Waals surface area contributed by atoms with E-state index in [0.29, 0.717) is 17.9 Å². The van der Waals surface area contributed by atoms with Gasteiger partial charge < -0.3 is 15.9 Å². The lowest BCUT2D eigenvalue weighted by molar-refractivity contribution is 0.308. The van der Waals surface area contributed by atoms with Crippen molar-refractivity contribution in [1.29, 1.82) is 5.26 Å². The number of hydrogen-bond acceptors (Lipinski definition) is 6. The van der Waals surface area contributed by atoms with Gasteiger partial charge in [0.05, 0.1) is 5.70 Å². The third-order valence-corrected chi connectivity index (χ3v) is 4.64. The first-order valence-electron chi connectivity index (χ1n) is 7.27. The molecule has 0 unspecified atom stereocenters. The number of ether oxygens (including phenoxy) is 1. The topological polar surface area (TPSA) is 97.1 Å². The van der Waals surface area contributed by atoms with Gasteiger partial charge in [0, 0.05) is 15.8 Å². The van der Waals surface area contributed by atoms with E-state index >= 15 is 0 Å². The Morgan fingerprint density at radius 2 is 2.04 bits per heavy atom. The van der Waals surface area contributed by atoms with Crippen LogP contribution in [0.3, 0.4) is 0 Å². The van der Waals surface area contributed by atoms with Crippen LogP contribution < -0.4 is 21.7 Å².